The smallest absolute Gasteiger partial charge is 0.0957 e. The van der Waals surface area contributed by atoms with Crippen LogP contribution in [0, 0.1) is 0 Å². The molecule has 0 aromatic carbocycles. The van der Waals surface area contributed by atoms with Crippen molar-refractivity contribution in [1.29, 1.82) is 0 Å². The summed E-state index contributed by atoms with van der Waals surface area (Å²) in [6, 6.07) is 4.94. The van der Waals surface area contributed by atoms with E-state index in [1.165, 1.54) is 31.4 Å². The Hall–Kier alpha value is -0.540. The van der Waals surface area contributed by atoms with Crippen molar-refractivity contribution < 1.29 is 0 Å². The Bertz CT molecular complexity index is 310. The number of pyridine rings is 1. The topological polar surface area (TPSA) is 16.1 Å². The highest BCUT2D eigenvalue weighted by atomic mass is 32.2. The number of likely N-dealkylation sites (tertiary alicyclic amines) is 1. The number of rotatable bonds is 2. The Labute approximate surface area is 96.1 Å². The van der Waals surface area contributed by atoms with E-state index in [9.17, 15) is 0 Å². The summed E-state index contributed by atoms with van der Waals surface area (Å²) in [7, 11) is 2.21. The molecule has 1 saturated heterocycles. The van der Waals surface area contributed by atoms with E-state index in [2.05, 4.69) is 35.3 Å². The summed E-state index contributed by atoms with van der Waals surface area (Å²) >= 11 is 1.70. The molecule has 2 nitrogen and oxygen atoms in total. The molecule has 0 amide bonds. The third-order valence-corrected chi connectivity index (χ3v) is 3.78. The van der Waals surface area contributed by atoms with E-state index in [0.29, 0.717) is 6.04 Å². The second kappa shape index (κ2) is 4.99. The van der Waals surface area contributed by atoms with Crippen LogP contribution in [0.1, 0.15) is 30.9 Å². The van der Waals surface area contributed by atoms with Gasteiger partial charge in [0.25, 0.3) is 0 Å². The van der Waals surface area contributed by atoms with Crippen molar-refractivity contribution in [2.24, 2.45) is 0 Å². The van der Waals surface area contributed by atoms with E-state index in [0.717, 1.165) is 5.03 Å². The van der Waals surface area contributed by atoms with Crippen LogP contribution in [0.15, 0.2) is 23.4 Å². The van der Waals surface area contributed by atoms with Gasteiger partial charge < -0.3 is 0 Å². The van der Waals surface area contributed by atoms with Crippen molar-refractivity contribution >= 4 is 11.8 Å². The van der Waals surface area contributed by atoms with Gasteiger partial charge in [0.05, 0.1) is 5.03 Å². The van der Waals surface area contributed by atoms with Gasteiger partial charge >= 0.3 is 0 Å². The normalized spacial score (nSPS) is 22.9. The van der Waals surface area contributed by atoms with Gasteiger partial charge in [0.2, 0.25) is 0 Å². The summed E-state index contributed by atoms with van der Waals surface area (Å²) in [6.07, 6.45) is 8.06. The van der Waals surface area contributed by atoms with Crippen molar-refractivity contribution in [2.45, 2.75) is 30.3 Å². The molecule has 1 aliphatic rings. The zero-order valence-corrected chi connectivity index (χ0v) is 10.3. The van der Waals surface area contributed by atoms with Gasteiger partial charge in [-0.15, -0.1) is 11.8 Å². The average molecular weight is 222 g/mol. The maximum atomic E-state index is 4.44. The lowest BCUT2D eigenvalue weighted by atomic mass is 9.97. The largest absolute Gasteiger partial charge is 0.299 e. The molecule has 1 aromatic heterocycles. The molecule has 2 rings (SSSR count). The highest BCUT2D eigenvalue weighted by molar-refractivity contribution is 7.98. The fourth-order valence-corrected chi connectivity index (χ4v) is 2.57. The zero-order valence-electron chi connectivity index (χ0n) is 9.44. The summed E-state index contributed by atoms with van der Waals surface area (Å²) in [6.45, 7) is 1.22. The van der Waals surface area contributed by atoms with E-state index in [4.69, 9.17) is 0 Å². The highest BCUT2D eigenvalue weighted by Crippen LogP contribution is 2.29. The number of aromatic nitrogens is 1. The van der Waals surface area contributed by atoms with Gasteiger partial charge in [0, 0.05) is 12.2 Å². The van der Waals surface area contributed by atoms with Crippen LogP contribution in [0.3, 0.4) is 0 Å². The van der Waals surface area contributed by atoms with Crippen LogP contribution in [-0.2, 0) is 0 Å². The van der Waals surface area contributed by atoms with Crippen LogP contribution in [0.4, 0.5) is 0 Å². The standard InChI is InChI=1S/C12H18N2S/c1-14-8-4-3-5-11(14)10-6-7-12(15-2)13-9-10/h6-7,9,11H,3-5,8H2,1-2H3/t11-/m1/s1. The molecule has 1 aromatic rings. The lowest BCUT2D eigenvalue weighted by molar-refractivity contribution is 0.187. The molecule has 0 spiro atoms. The molecule has 0 aliphatic carbocycles. The summed E-state index contributed by atoms with van der Waals surface area (Å²) < 4.78 is 0. The fourth-order valence-electron chi connectivity index (χ4n) is 2.21. The molecule has 15 heavy (non-hydrogen) atoms. The average Bonchev–Trinajstić information content (AvgIpc) is 2.30. The molecule has 0 N–H and O–H groups in total. The van der Waals surface area contributed by atoms with Crippen LogP contribution in [-0.4, -0.2) is 29.7 Å². The second-order valence-corrected chi connectivity index (χ2v) is 4.95. The number of hydrogen-bond donors (Lipinski definition) is 0. The SMILES string of the molecule is CSc1ccc([C@H]2CCCCN2C)cn1. The van der Waals surface area contributed by atoms with Gasteiger partial charge in [-0.05, 0) is 44.3 Å². The van der Waals surface area contributed by atoms with Gasteiger partial charge in [0.15, 0.2) is 0 Å². The summed E-state index contributed by atoms with van der Waals surface area (Å²) in [5.41, 5.74) is 1.37. The Balaban J connectivity index is 2.13. The first-order valence-corrected chi connectivity index (χ1v) is 6.74. The molecular formula is C12H18N2S. The molecular weight excluding hydrogens is 204 g/mol. The van der Waals surface area contributed by atoms with Crippen molar-refractivity contribution in [3.8, 4) is 0 Å². The quantitative estimate of drug-likeness (QED) is 0.716. The molecule has 2 heterocycles. The van der Waals surface area contributed by atoms with Crippen molar-refractivity contribution in [1.82, 2.24) is 9.88 Å². The van der Waals surface area contributed by atoms with E-state index >= 15 is 0 Å². The molecule has 0 bridgehead atoms. The van der Waals surface area contributed by atoms with Crippen molar-refractivity contribution in [3.05, 3.63) is 23.9 Å². The van der Waals surface area contributed by atoms with E-state index in [1.54, 1.807) is 11.8 Å². The van der Waals surface area contributed by atoms with Crippen LogP contribution in [0.2, 0.25) is 0 Å². The minimum absolute atomic E-state index is 0.585. The minimum atomic E-state index is 0.585. The second-order valence-electron chi connectivity index (χ2n) is 4.13. The number of nitrogens with zero attached hydrogens (tertiary/aromatic N) is 2. The predicted octanol–water partition coefficient (Wildman–Crippen LogP) is 2.96. The first-order valence-electron chi connectivity index (χ1n) is 5.51. The molecule has 3 heteroatoms. The van der Waals surface area contributed by atoms with Crippen LogP contribution < -0.4 is 0 Å². The Morgan fingerprint density at radius 2 is 2.27 bits per heavy atom. The maximum absolute atomic E-state index is 4.44. The van der Waals surface area contributed by atoms with Gasteiger partial charge in [-0.1, -0.05) is 12.5 Å². The van der Waals surface area contributed by atoms with Gasteiger partial charge in [0.1, 0.15) is 0 Å². The first-order chi connectivity index (χ1) is 7.31. The summed E-state index contributed by atoms with van der Waals surface area (Å²) in [5, 5.41) is 1.11. The predicted molar refractivity (Wildman–Crippen MR) is 65.2 cm³/mol. The number of thioether (sulfide) groups is 1. The van der Waals surface area contributed by atoms with E-state index < -0.39 is 0 Å². The van der Waals surface area contributed by atoms with Crippen LogP contribution in [0.25, 0.3) is 0 Å². The Kier molecular flexibility index (Phi) is 3.65. The maximum Gasteiger partial charge on any atom is 0.0957 e. The molecule has 1 atom stereocenters. The fraction of sp³-hybridized carbons (Fsp3) is 0.583. The number of piperidine rings is 1. The molecule has 0 unspecified atom stereocenters. The van der Waals surface area contributed by atoms with Gasteiger partial charge in [-0.2, -0.15) is 0 Å². The lowest BCUT2D eigenvalue weighted by Crippen LogP contribution is -2.29. The molecule has 0 saturated carbocycles. The van der Waals surface area contributed by atoms with Gasteiger partial charge in [-0.3, -0.25) is 4.90 Å². The summed E-state index contributed by atoms with van der Waals surface area (Å²) in [5.74, 6) is 0. The van der Waals surface area contributed by atoms with Crippen molar-refractivity contribution in [2.75, 3.05) is 19.8 Å². The third-order valence-electron chi connectivity index (χ3n) is 3.12. The lowest BCUT2D eigenvalue weighted by Gasteiger charge is -2.32. The highest BCUT2D eigenvalue weighted by Gasteiger charge is 2.20. The Morgan fingerprint density at radius 3 is 2.87 bits per heavy atom. The van der Waals surface area contributed by atoms with Crippen LogP contribution in [0.5, 0.6) is 0 Å². The Morgan fingerprint density at radius 1 is 1.40 bits per heavy atom. The molecule has 1 fully saturated rings. The minimum Gasteiger partial charge on any atom is -0.299 e. The number of hydrogen-bond acceptors (Lipinski definition) is 3. The molecule has 82 valence electrons. The monoisotopic (exact) mass is 222 g/mol. The summed E-state index contributed by atoms with van der Waals surface area (Å²) in [4.78, 5) is 6.89. The van der Waals surface area contributed by atoms with Crippen molar-refractivity contribution in [3.63, 3.8) is 0 Å². The third kappa shape index (κ3) is 2.52. The van der Waals surface area contributed by atoms with E-state index in [-0.39, 0.29) is 0 Å². The van der Waals surface area contributed by atoms with Gasteiger partial charge in [-0.25, -0.2) is 4.98 Å². The first kappa shape index (κ1) is 11.0. The van der Waals surface area contributed by atoms with Crippen LogP contribution >= 0.6 is 11.8 Å². The van der Waals surface area contributed by atoms with E-state index in [1.807, 2.05) is 6.20 Å². The molecule has 1 aliphatic heterocycles. The molecule has 0 radical (unpaired) electrons. The zero-order chi connectivity index (χ0) is 10.7.